The summed E-state index contributed by atoms with van der Waals surface area (Å²) in [5.41, 5.74) is 0.202. The number of hydrogen-bond acceptors (Lipinski definition) is 5. The number of rotatable bonds is 4. The molecule has 0 radical (unpaired) electrons. The van der Waals surface area contributed by atoms with Crippen molar-refractivity contribution in [3.05, 3.63) is 23.8 Å². The number of nitrogens with one attached hydrogen (secondary N) is 1. The second kappa shape index (κ2) is 6.53. The van der Waals surface area contributed by atoms with E-state index in [-0.39, 0.29) is 23.0 Å². The Balaban J connectivity index is 3.12. The van der Waals surface area contributed by atoms with Crippen LogP contribution in [0.4, 0.5) is 0 Å². The Hall–Kier alpha value is -2.37. The van der Waals surface area contributed by atoms with Crippen LogP contribution in [0.15, 0.2) is 18.2 Å². The predicted molar refractivity (Wildman–Crippen MR) is 67.1 cm³/mol. The van der Waals surface area contributed by atoms with E-state index in [0.29, 0.717) is 6.54 Å². The summed E-state index contributed by atoms with van der Waals surface area (Å²) in [5, 5.41) is 2.60. The topological polar surface area (TPSA) is 81.7 Å². The van der Waals surface area contributed by atoms with Crippen molar-refractivity contribution < 1.29 is 23.9 Å². The number of carbonyl (C=O) groups excluding carboxylic acids is 3. The second-order valence-electron chi connectivity index (χ2n) is 3.70. The lowest BCUT2D eigenvalue weighted by atomic mass is 10.1. The van der Waals surface area contributed by atoms with Gasteiger partial charge in [0.25, 0.3) is 5.91 Å². The molecule has 0 aliphatic heterocycles. The van der Waals surface area contributed by atoms with Crippen LogP contribution in [0.2, 0.25) is 0 Å². The summed E-state index contributed by atoms with van der Waals surface area (Å²) in [6, 6.07) is 4.22. The molecule has 0 unspecified atom stereocenters. The maximum atomic E-state index is 11.8. The largest absolute Gasteiger partial charge is 0.427 e. The molecule has 19 heavy (non-hydrogen) atoms. The second-order valence-corrected chi connectivity index (χ2v) is 3.70. The Labute approximate surface area is 110 Å². The normalized spacial score (nSPS) is 9.63. The SMILES string of the molecule is CCNC(=O)c1ccc(OC(C)=O)cc1OC(C)=O. The fraction of sp³-hybridized carbons (Fsp3) is 0.308. The van der Waals surface area contributed by atoms with Gasteiger partial charge in [0.1, 0.15) is 11.5 Å². The summed E-state index contributed by atoms with van der Waals surface area (Å²) in [4.78, 5) is 33.6. The zero-order chi connectivity index (χ0) is 14.4. The Kier molecular flexibility index (Phi) is 5.05. The first kappa shape index (κ1) is 14.7. The molecule has 0 saturated carbocycles. The third kappa shape index (κ3) is 4.42. The Morgan fingerprint density at radius 1 is 1.11 bits per heavy atom. The predicted octanol–water partition coefficient (Wildman–Crippen LogP) is 1.29. The maximum absolute atomic E-state index is 11.8. The van der Waals surface area contributed by atoms with Crippen molar-refractivity contribution in [2.45, 2.75) is 20.8 Å². The third-order valence-corrected chi connectivity index (χ3v) is 2.05. The van der Waals surface area contributed by atoms with Gasteiger partial charge in [-0.05, 0) is 19.1 Å². The third-order valence-electron chi connectivity index (χ3n) is 2.05. The molecule has 0 bridgehead atoms. The first-order chi connectivity index (χ1) is 8.93. The molecule has 0 aliphatic rings. The van der Waals surface area contributed by atoms with E-state index in [0.717, 1.165) is 0 Å². The standard InChI is InChI=1S/C13H15NO5/c1-4-14-13(17)11-6-5-10(18-8(2)15)7-12(11)19-9(3)16/h5-7H,4H2,1-3H3,(H,14,17). The zero-order valence-electron chi connectivity index (χ0n) is 11.0. The number of amides is 1. The Bertz CT molecular complexity index is 510. The first-order valence-corrected chi connectivity index (χ1v) is 5.73. The molecule has 1 N–H and O–H groups in total. The molecule has 0 spiro atoms. The van der Waals surface area contributed by atoms with Gasteiger partial charge >= 0.3 is 11.9 Å². The van der Waals surface area contributed by atoms with E-state index in [9.17, 15) is 14.4 Å². The van der Waals surface area contributed by atoms with E-state index in [1.54, 1.807) is 6.92 Å². The summed E-state index contributed by atoms with van der Waals surface area (Å²) in [6.45, 7) is 4.70. The van der Waals surface area contributed by atoms with Crippen LogP contribution in [-0.2, 0) is 9.59 Å². The van der Waals surface area contributed by atoms with Gasteiger partial charge in [0.2, 0.25) is 0 Å². The highest BCUT2D eigenvalue weighted by Gasteiger charge is 2.15. The van der Waals surface area contributed by atoms with Gasteiger partial charge in [-0.15, -0.1) is 0 Å². The number of benzene rings is 1. The monoisotopic (exact) mass is 265 g/mol. The minimum absolute atomic E-state index is 0.0530. The van der Waals surface area contributed by atoms with E-state index >= 15 is 0 Å². The van der Waals surface area contributed by atoms with Crippen LogP contribution >= 0.6 is 0 Å². The number of hydrogen-bond donors (Lipinski definition) is 1. The van der Waals surface area contributed by atoms with Crippen LogP contribution < -0.4 is 14.8 Å². The van der Waals surface area contributed by atoms with Crippen molar-refractivity contribution in [3.63, 3.8) is 0 Å². The van der Waals surface area contributed by atoms with E-state index < -0.39 is 11.9 Å². The van der Waals surface area contributed by atoms with Crippen LogP contribution in [0.1, 0.15) is 31.1 Å². The maximum Gasteiger partial charge on any atom is 0.308 e. The molecule has 102 valence electrons. The van der Waals surface area contributed by atoms with Crippen molar-refractivity contribution in [2.75, 3.05) is 6.54 Å². The fourth-order valence-electron chi connectivity index (χ4n) is 1.41. The molecule has 0 atom stereocenters. The van der Waals surface area contributed by atoms with Gasteiger partial charge in [0.05, 0.1) is 5.56 Å². The van der Waals surface area contributed by atoms with Gasteiger partial charge in [-0.25, -0.2) is 0 Å². The smallest absolute Gasteiger partial charge is 0.308 e. The van der Waals surface area contributed by atoms with Crippen LogP contribution in [0.5, 0.6) is 11.5 Å². The summed E-state index contributed by atoms with van der Waals surface area (Å²) in [5.74, 6) is -1.17. The van der Waals surface area contributed by atoms with Gasteiger partial charge in [-0.3, -0.25) is 14.4 Å². The van der Waals surface area contributed by atoms with E-state index in [1.807, 2.05) is 0 Å². The van der Waals surface area contributed by atoms with Gasteiger partial charge in [0.15, 0.2) is 0 Å². The molecule has 0 fully saturated rings. The number of carbonyl (C=O) groups is 3. The molecule has 6 nitrogen and oxygen atoms in total. The van der Waals surface area contributed by atoms with Crippen LogP contribution in [-0.4, -0.2) is 24.4 Å². The van der Waals surface area contributed by atoms with Gasteiger partial charge < -0.3 is 14.8 Å². The number of esters is 2. The summed E-state index contributed by atoms with van der Waals surface area (Å²) >= 11 is 0. The molecule has 1 rings (SSSR count). The van der Waals surface area contributed by atoms with E-state index in [4.69, 9.17) is 9.47 Å². The quantitative estimate of drug-likeness (QED) is 0.655. The molecule has 1 aromatic rings. The van der Waals surface area contributed by atoms with Crippen molar-refractivity contribution in [2.24, 2.45) is 0 Å². The minimum atomic E-state index is -0.564. The Morgan fingerprint density at radius 2 is 1.74 bits per heavy atom. The lowest BCUT2D eigenvalue weighted by Crippen LogP contribution is -2.23. The highest BCUT2D eigenvalue weighted by Crippen LogP contribution is 2.25. The van der Waals surface area contributed by atoms with E-state index in [1.165, 1.54) is 32.0 Å². The average molecular weight is 265 g/mol. The first-order valence-electron chi connectivity index (χ1n) is 5.73. The number of ether oxygens (including phenoxy) is 2. The van der Waals surface area contributed by atoms with Crippen molar-refractivity contribution >= 4 is 17.8 Å². The molecule has 1 amide bonds. The summed E-state index contributed by atoms with van der Waals surface area (Å²) < 4.78 is 9.81. The minimum Gasteiger partial charge on any atom is -0.427 e. The van der Waals surface area contributed by atoms with Crippen LogP contribution in [0.25, 0.3) is 0 Å². The molecule has 0 aliphatic carbocycles. The van der Waals surface area contributed by atoms with Crippen molar-refractivity contribution in [3.8, 4) is 11.5 Å². The summed E-state index contributed by atoms with van der Waals surface area (Å²) in [7, 11) is 0. The van der Waals surface area contributed by atoms with Crippen LogP contribution in [0, 0.1) is 0 Å². The summed E-state index contributed by atoms with van der Waals surface area (Å²) in [6.07, 6.45) is 0. The lowest BCUT2D eigenvalue weighted by molar-refractivity contribution is -0.132. The van der Waals surface area contributed by atoms with E-state index in [2.05, 4.69) is 5.32 Å². The van der Waals surface area contributed by atoms with Gasteiger partial charge in [-0.2, -0.15) is 0 Å². The molecule has 1 aromatic carbocycles. The average Bonchev–Trinajstić information content (AvgIpc) is 2.27. The molecule has 0 heterocycles. The highest BCUT2D eigenvalue weighted by atomic mass is 16.5. The molecule has 0 saturated heterocycles. The van der Waals surface area contributed by atoms with Gasteiger partial charge in [0, 0.05) is 26.5 Å². The van der Waals surface area contributed by atoms with Crippen LogP contribution in [0.3, 0.4) is 0 Å². The fourth-order valence-corrected chi connectivity index (χ4v) is 1.41. The van der Waals surface area contributed by atoms with Crippen molar-refractivity contribution in [1.29, 1.82) is 0 Å². The zero-order valence-corrected chi connectivity index (χ0v) is 11.0. The molecule has 0 aromatic heterocycles. The highest BCUT2D eigenvalue weighted by molar-refractivity contribution is 5.97. The van der Waals surface area contributed by atoms with Gasteiger partial charge in [-0.1, -0.05) is 0 Å². The lowest BCUT2D eigenvalue weighted by Gasteiger charge is -2.10. The molecule has 6 heteroatoms. The molecular weight excluding hydrogens is 250 g/mol. The Morgan fingerprint density at radius 3 is 2.26 bits per heavy atom. The van der Waals surface area contributed by atoms with Crippen molar-refractivity contribution in [1.82, 2.24) is 5.32 Å². The molecular formula is C13H15NO5.